The summed E-state index contributed by atoms with van der Waals surface area (Å²) in [4.78, 5) is 0. The van der Waals surface area contributed by atoms with Gasteiger partial charge < -0.3 is 5.73 Å². The standard InChI is InChI=1S/C12H15ClF3N/c1-11(2,7-17)6-8-3-9(12(14,15)16)5-10(13)4-8/h3-5H,6-7,17H2,1-2H3. The molecule has 0 saturated carbocycles. The van der Waals surface area contributed by atoms with E-state index in [1.165, 1.54) is 0 Å². The number of benzene rings is 1. The molecule has 0 heterocycles. The van der Waals surface area contributed by atoms with Crippen molar-refractivity contribution in [1.82, 2.24) is 0 Å². The van der Waals surface area contributed by atoms with Gasteiger partial charge in [0.05, 0.1) is 5.56 Å². The topological polar surface area (TPSA) is 26.0 Å². The summed E-state index contributed by atoms with van der Waals surface area (Å²) in [6.07, 6.45) is -3.90. The highest BCUT2D eigenvalue weighted by molar-refractivity contribution is 6.30. The average molecular weight is 266 g/mol. The average Bonchev–Trinajstić information content (AvgIpc) is 2.14. The monoisotopic (exact) mass is 265 g/mol. The van der Waals surface area contributed by atoms with Crippen LogP contribution in [-0.4, -0.2) is 6.54 Å². The lowest BCUT2D eigenvalue weighted by Gasteiger charge is -2.23. The lowest BCUT2D eigenvalue weighted by atomic mass is 9.85. The van der Waals surface area contributed by atoms with E-state index in [1.807, 2.05) is 13.8 Å². The zero-order valence-electron chi connectivity index (χ0n) is 9.74. The van der Waals surface area contributed by atoms with Crippen molar-refractivity contribution < 1.29 is 13.2 Å². The molecule has 0 spiro atoms. The van der Waals surface area contributed by atoms with Crippen LogP contribution in [0.5, 0.6) is 0 Å². The van der Waals surface area contributed by atoms with Gasteiger partial charge in [0, 0.05) is 5.02 Å². The third-order valence-electron chi connectivity index (χ3n) is 2.52. The minimum Gasteiger partial charge on any atom is -0.330 e. The third kappa shape index (κ3) is 4.21. The van der Waals surface area contributed by atoms with E-state index >= 15 is 0 Å². The molecule has 1 aromatic rings. The van der Waals surface area contributed by atoms with Crippen LogP contribution in [0.25, 0.3) is 0 Å². The molecule has 96 valence electrons. The van der Waals surface area contributed by atoms with E-state index in [1.54, 1.807) is 6.07 Å². The van der Waals surface area contributed by atoms with Gasteiger partial charge in [-0.3, -0.25) is 0 Å². The summed E-state index contributed by atoms with van der Waals surface area (Å²) in [6, 6.07) is 3.61. The van der Waals surface area contributed by atoms with Gasteiger partial charge in [0.25, 0.3) is 0 Å². The van der Waals surface area contributed by atoms with Crippen LogP contribution >= 0.6 is 11.6 Å². The lowest BCUT2D eigenvalue weighted by Crippen LogP contribution is -2.26. The molecule has 0 aliphatic rings. The zero-order chi connectivity index (χ0) is 13.3. The van der Waals surface area contributed by atoms with Gasteiger partial charge in [0.15, 0.2) is 0 Å². The summed E-state index contributed by atoms with van der Waals surface area (Å²) in [6.45, 7) is 4.21. The van der Waals surface area contributed by atoms with E-state index in [0.717, 1.165) is 12.1 Å². The van der Waals surface area contributed by atoms with Crippen LogP contribution in [0.15, 0.2) is 18.2 Å². The molecule has 0 saturated heterocycles. The summed E-state index contributed by atoms with van der Waals surface area (Å²) in [5.74, 6) is 0. The Labute approximate surface area is 104 Å². The Hall–Kier alpha value is -0.740. The zero-order valence-corrected chi connectivity index (χ0v) is 10.5. The van der Waals surface area contributed by atoms with Crippen molar-refractivity contribution in [1.29, 1.82) is 0 Å². The quantitative estimate of drug-likeness (QED) is 0.882. The predicted molar refractivity (Wildman–Crippen MR) is 63.0 cm³/mol. The SMILES string of the molecule is CC(C)(CN)Cc1cc(Cl)cc(C(F)(F)F)c1. The molecule has 17 heavy (non-hydrogen) atoms. The van der Waals surface area contributed by atoms with Crippen molar-refractivity contribution in [3.8, 4) is 0 Å². The van der Waals surface area contributed by atoms with E-state index in [4.69, 9.17) is 17.3 Å². The first-order valence-electron chi connectivity index (χ1n) is 5.21. The molecule has 5 heteroatoms. The first-order valence-corrected chi connectivity index (χ1v) is 5.58. The molecular weight excluding hydrogens is 251 g/mol. The molecule has 0 amide bonds. The molecule has 1 aromatic carbocycles. The van der Waals surface area contributed by atoms with Gasteiger partial charge in [0.2, 0.25) is 0 Å². The van der Waals surface area contributed by atoms with Gasteiger partial charge in [-0.1, -0.05) is 25.4 Å². The molecule has 0 unspecified atom stereocenters. The van der Waals surface area contributed by atoms with Crippen molar-refractivity contribution in [3.05, 3.63) is 34.3 Å². The Morgan fingerprint density at radius 2 is 1.76 bits per heavy atom. The van der Waals surface area contributed by atoms with Crippen LogP contribution in [0.4, 0.5) is 13.2 Å². The predicted octanol–water partition coefficient (Wildman–Crippen LogP) is 3.89. The van der Waals surface area contributed by atoms with Crippen molar-refractivity contribution in [2.75, 3.05) is 6.54 Å². The lowest BCUT2D eigenvalue weighted by molar-refractivity contribution is -0.137. The summed E-state index contributed by atoms with van der Waals surface area (Å²) < 4.78 is 37.7. The number of alkyl halides is 3. The van der Waals surface area contributed by atoms with E-state index in [-0.39, 0.29) is 10.4 Å². The second-order valence-electron chi connectivity index (χ2n) is 4.89. The minimum absolute atomic E-state index is 0.0997. The Balaban J connectivity index is 3.06. The molecule has 0 bridgehead atoms. The highest BCUT2D eigenvalue weighted by Gasteiger charge is 2.31. The fourth-order valence-corrected chi connectivity index (χ4v) is 1.80. The maximum Gasteiger partial charge on any atom is 0.416 e. The van der Waals surface area contributed by atoms with Crippen LogP contribution in [0.2, 0.25) is 5.02 Å². The fraction of sp³-hybridized carbons (Fsp3) is 0.500. The summed E-state index contributed by atoms with van der Waals surface area (Å²) in [5, 5.41) is 0.0997. The van der Waals surface area contributed by atoms with E-state index < -0.39 is 11.7 Å². The Bertz CT molecular complexity index is 399. The Kier molecular flexibility index (Phi) is 4.10. The summed E-state index contributed by atoms with van der Waals surface area (Å²) in [7, 11) is 0. The number of rotatable bonds is 3. The minimum atomic E-state index is -4.37. The van der Waals surface area contributed by atoms with E-state index in [0.29, 0.717) is 18.5 Å². The molecule has 0 aliphatic heterocycles. The maximum absolute atomic E-state index is 12.6. The van der Waals surface area contributed by atoms with Crippen LogP contribution in [0.3, 0.4) is 0 Å². The van der Waals surface area contributed by atoms with E-state index in [9.17, 15) is 13.2 Å². The summed E-state index contributed by atoms with van der Waals surface area (Å²) >= 11 is 5.70. The fourth-order valence-electron chi connectivity index (χ4n) is 1.54. The van der Waals surface area contributed by atoms with Crippen LogP contribution < -0.4 is 5.73 Å². The van der Waals surface area contributed by atoms with Crippen LogP contribution in [0, 0.1) is 5.41 Å². The van der Waals surface area contributed by atoms with Gasteiger partial charge in [-0.05, 0) is 42.1 Å². The summed E-state index contributed by atoms with van der Waals surface area (Å²) in [5.41, 5.74) is 5.16. The molecule has 0 aliphatic carbocycles. The number of hydrogen-bond acceptors (Lipinski definition) is 1. The molecule has 0 radical (unpaired) electrons. The number of halogens is 4. The van der Waals surface area contributed by atoms with Gasteiger partial charge in [0.1, 0.15) is 0 Å². The van der Waals surface area contributed by atoms with Crippen molar-refractivity contribution >= 4 is 11.6 Å². The largest absolute Gasteiger partial charge is 0.416 e. The molecule has 0 atom stereocenters. The van der Waals surface area contributed by atoms with Gasteiger partial charge in [-0.25, -0.2) is 0 Å². The van der Waals surface area contributed by atoms with Gasteiger partial charge >= 0.3 is 6.18 Å². The molecule has 2 N–H and O–H groups in total. The van der Waals surface area contributed by atoms with Crippen molar-refractivity contribution in [3.63, 3.8) is 0 Å². The number of hydrogen-bond donors (Lipinski definition) is 1. The normalized spacial score (nSPS) is 12.9. The molecule has 0 aromatic heterocycles. The molecule has 0 fully saturated rings. The maximum atomic E-state index is 12.6. The molecule has 1 rings (SSSR count). The first-order chi connectivity index (χ1) is 7.64. The van der Waals surface area contributed by atoms with Gasteiger partial charge in [-0.2, -0.15) is 13.2 Å². The molecular formula is C12H15ClF3N. The Morgan fingerprint density at radius 1 is 1.18 bits per heavy atom. The molecule has 1 nitrogen and oxygen atoms in total. The smallest absolute Gasteiger partial charge is 0.330 e. The Morgan fingerprint density at radius 3 is 2.24 bits per heavy atom. The highest BCUT2D eigenvalue weighted by Crippen LogP contribution is 2.33. The van der Waals surface area contributed by atoms with Crippen molar-refractivity contribution in [2.45, 2.75) is 26.4 Å². The second-order valence-corrected chi connectivity index (χ2v) is 5.33. The first kappa shape index (κ1) is 14.3. The number of nitrogens with two attached hydrogens (primary N) is 1. The van der Waals surface area contributed by atoms with Gasteiger partial charge in [-0.15, -0.1) is 0 Å². The van der Waals surface area contributed by atoms with E-state index in [2.05, 4.69) is 0 Å². The van der Waals surface area contributed by atoms with Crippen LogP contribution in [-0.2, 0) is 12.6 Å². The second kappa shape index (κ2) is 4.86. The van der Waals surface area contributed by atoms with Crippen molar-refractivity contribution in [2.24, 2.45) is 11.1 Å². The highest BCUT2D eigenvalue weighted by atomic mass is 35.5. The third-order valence-corrected chi connectivity index (χ3v) is 2.74. The van der Waals surface area contributed by atoms with Crippen LogP contribution in [0.1, 0.15) is 25.0 Å².